The van der Waals surface area contributed by atoms with Crippen molar-refractivity contribution in [3.05, 3.63) is 48.0 Å². The van der Waals surface area contributed by atoms with Crippen LogP contribution in [0.25, 0.3) is 10.8 Å². The predicted molar refractivity (Wildman–Crippen MR) is 109 cm³/mol. The number of rotatable bonds is 7. The Morgan fingerprint density at radius 1 is 1.14 bits per heavy atom. The zero-order valence-corrected chi connectivity index (χ0v) is 16.1. The molecule has 4 N–H and O–H groups in total. The molecule has 1 heterocycles. The number of amides is 2. The number of likely N-dealkylation sites (tertiary alicyclic amines) is 1. The van der Waals surface area contributed by atoms with E-state index in [0.29, 0.717) is 18.8 Å². The van der Waals surface area contributed by atoms with E-state index in [2.05, 4.69) is 18.2 Å². The van der Waals surface area contributed by atoms with E-state index in [1.807, 2.05) is 29.2 Å². The van der Waals surface area contributed by atoms with Gasteiger partial charge in [-0.2, -0.15) is 0 Å². The number of nitrogens with zero attached hydrogens (tertiary/aromatic N) is 1. The third-order valence-electron chi connectivity index (χ3n) is 5.70. The lowest BCUT2D eigenvalue weighted by Gasteiger charge is -2.33. The van der Waals surface area contributed by atoms with Gasteiger partial charge in [0.25, 0.3) is 0 Å². The molecule has 3 rings (SSSR count). The molecule has 2 aromatic carbocycles. The van der Waals surface area contributed by atoms with Gasteiger partial charge in [0.1, 0.15) is 0 Å². The molecule has 0 bridgehead atoms. The Hall–Kier alpha value is -2.44. The standard InChI is InChI=1S/C22H29N3O3/c23-20(15-18-8-4-7-17-6-1-2-9-19(17)18)22(27)25-13-11-16(12-14-25)5-3-10-21(26)24-28/h1-2,4,6-9,16,20,28H,3,5,10-15,23H2,(H,24,26). The Bertz CT molecular complexity index is 810. The Morgan fingerprint density at radius 3 is 2.61 bits per heavy atom. The van der Waals surface area contributed by atoms with Crippen LogP contribution < -0.4 is 11.2 Å². The zero-order valence-electron chi connectivity index (χ0n) is 16.1. The van der Waals surface area contributed by atoms with Gasteiger partial charge in [0.05, 0.1) is 6.04 Å². The summed E-state index contributed by atoms with van der Waals surface area (Å²) < 4.78 is 0. The van der Waals surface area contributed by atoms with Crippen LogP contribution in [0.3, 0.4) is 0 Å². The molecule has 150 valence electrons. The van der Waals surface area contributed by atoms with E-state index in [0.717, 1.165) is 55.1 Å². The maximum Gasteiger partial charge on any atom is 0.243 e. The van der Waals surface area contributed by atoms with Crippen LogP contribution in [0.5, 0.6) is 0 Å². The van der Waals surface area contributed by atoms with Crippen LogP contribution in [0.2, 0.25) is 0 Å². The molecule has 28 heavy (non-hydrogen) atoms. The number of fused-ring (bicyclic) bond motifs is 1. The lowest BCUT2D eigenvalue weighted by molar-refractivity contribution is -0.134. The number of piperidine rings is 1. The van der Waals surface area contributed by atoms with Crippen molar-refractivity contribution in [1.82, 2.24) is 10.4 Å². The summed E-state index contributed by atoms with van der Waals surface area (Å²) >= 11 is 0. The molecule has 6 heteroatoms. The second-order valence-corrected chi connectivity index (χ2v) is 7.64. The fourth-order valence-electron chi connectivity index (χ4n) is 4.08. The third kappa shape index (κ3) is 5.09. The second kappa shape index (κ2) is 9.66. The van der Waals surface area contributed by atoms with Crippen molar-refractivity contribution in [3.63, 3.8) is 0 Å². The van der Waals surface area contributed by atoms with Crippen LogP contribution >= 0.6 is 0 Å². The van der Waals surface area contributed by atoms with Gasteiger partial charge in [0.15, 0.2) is 0 Å². The highest BCUT2D eigenvalue weighted by Crippen LogP contribution is 2.24. The van der Waals surface area contributed by atoms with Gasteiger partial charge in [-0.25, -0.2) is 5.48 Å². The average molecular weight is 383 g/mol. The normalized spacial score (nSPS) is 16.1. The molecule has 1 aliphatic rings. The summed E-state index contributed by atoms with van der Waals surface area (Å²) in [6, 6.07) is 13.8. The molecule has 0 aromatic heterocycles. The molecular formula is C22H29N3O3. The van der Waals surface area contributed by atoms with Gasteiger partial charge in [-0.3, -0.25) is 14.8 Å². The molecule has 1 unspecified atom stereocenters. The molecule has 1 atom stereocenters. The van der Waals surface area contributed by atoms with E-state index in [9.17, 15) is 9.59 Å². The molecular weight excluding hydrogens is 354 g/mol. The highest BCUT2D eigenvalue weighted by atomic mass is 16.5. The Balaban J connectivity index is 1.50. The van der Waals surface area contributed by atoms with Crippen LogP contribution in [-0.4, -0.2) is 41.1 Å². The SMILES string of the molecule is NC(Cc1cccc2ccccc12)C(=O)N1CCC(CCCC(=O)NO)CC1. The van der Waals surface area contributed by atoms with Gasteiger partial charge in [-0.05, 0) is 54.4 Å². The monoisotopic (exact) mass is 383 g/mol. The topological polar surface area (TPSA) is 95.7 Å². The largest absolute Gasteiger partial charge is 0.341 e. The van der Waals surface area contributed by atoms with E-state index >= 15 is 0 Å². The quantitative estimate of drug-likeness (QED) is 0.506. The summed E-state index contributed by atoms with van der Waals surface area (Å²) in [6.07, 6.45) is 4.45. The van der Waals surface area contributed by atoms with Crippen molar-refractivity contribution in [2.45, 2.75) is 44.6 Å². The number of nitrogens with two attached hydrogens (primary N) is 1. The van der Waals surface area contributed by atoms with E-state index in [4.69, 9.17) is 10.9 Å². The van der Waals surface area contributed by atoms with Crippen LogP contribution in [0.1, 0.15) is 37.7 Å². The van der Waals surface area contributed by atoms with E-state index in [-0.39, 0.29) is 11.8 Å². The molecule has 6 nitrogen and oxygen atoms in total. The molecule has 0 spiro atoms. The molecule has 0 aliphatic carbocycles. The number of nitrogens with one attached hydrogen (secondary N) is 1. The molecule has 2 amide bonds. The minimum Gasteiger partial charge on any atom is -0.341 e. The number of hydrogen-bond acceptors (Lipinski definition) is 4. The molecule has 0 saturated carbocycles. The Morgan fingerprint density at radius 2 is 1.86 bits per heavy atom. The van der Waals surface area contributed by atoms with Crippen LogP contribution in [0.15, 0.2) is 42.5 Å². The highest BCUT2D eigenvalue weighted by molar-refractivity contribution is 5.87. The predicted octanol–water partition coefficient (Wildman–Crippen LogP) is 2.62. The fourth-order valence-corrected chi connectivity index (χ4v) is 4.08. The first-order valence-electron chi connectivity index (χ1n) is 10.0. The maximum atomic E-state index is 12.8. The molecule has 1 aliphatic heterocycles. The summed E-state index contributed by atoms with van der Waals surface area (Å²) in [7, 11) is 0. The van der Waals surface area contributed by atoms with Gasteiger partial charge >= 0.3 is 0 Å². The maximum absolute atomic E-state index is 12.8. The highest BCUT2D eigenvalue weighted by Gasteiger charge is 2.26. The Labute approximate surface area is 165 Å². The number of benzene rings is 2. The number of hydrogen-bond donors (Lipinski definition) is 3. The summed E-state index contributed by atoms with van der Waals surface area (Å²) in [4.78, 5) is 25.8. The molecule has 1 saturated heterocycles. The second-order valence-electron chi connectivity index (χ2n) is 7.64. The minimum absolute atomic E-state index is 0.0195. The lowest BCUT2D eigenvalue weighted by Crippen LogP contribution is -2.48. The van der Waals surface area contributed by atoms with Crippen LogP contribution in [0.4, 0.5) is 0 Å². The number of hydroxylamine groups is 1. The average Bonchev–Trinajstić information content (AvgIpc) is 2.73. The lowest BCUT2D eigenvalue weighted by atomic mass is 9.91. The zero-order chi connectivity index (χ0) is 19.9. The molecule has 1 fully saturated rings. The van der Waals surface area contributed by atoms with Gasteiger partial charge in [0, 0.05) is 19.5 Å². The van der Waals surface area contributed by atoms with Crippen LogP contribution in [-0.2, 0) is 16.0 Å². The van der Waals surface area contributed by atoms with E-state index < -0.39 is 6.04 Å². The van der Waals surface area contributed by atoms with Gasteiger partial charge < -0.3 is 10.6 Å². The van der Waals surface area contributed by atoms with E-state index in [1.54, 1.807) is 5.48 Å². The molecule has 0 radical (unpaired) electrons. The first-order valence-corrected chi connectivity index (χ1v) is 10.0. The third-order valence-corrected chi connectivity index (χ3v) is 5.70. The summed E-state index contributed by atoms with van der Waals surface area (Å²) in [5, 5.41) is 10.8. The summed E-state index contributed by atoms with van der Waals surface area (Å²) in [6.45, 7) is 1.44. The number of carbonyl (C=O) groups excluding carboxylic acids is 2. The van der Waals surface area contributed by atoms with Crippen LogP contribution in [0, 0.1) is 5.92 Å². The first-order chi connectivity index (χ1) is 13.6. The van der Waals surface area contributed by atoms with Crippen molar-refractivity contribution in [2.75, 3.05) is 13.1 Å². The fraction of sp³-hybridized carbons (Fsp3) is 0.455. The summed E-state index contributed by atoms with van der Waals surface area (Å²) in [5.74, 6) is 0.197. The van der Waals surface area contributed by atoms with Crippen molar-refractivity contribution >= 4 is 22.6 Å². The van der Waals surface area contributed by atoms with Crippen molar-refractivity contribution in [2.24, 2.45) is 11.7 Å². The van der Waals surface area contributed by atoms with Gasteiger partial charge in [-0.15, -0.1) is 0 Å². The Kier molecular flexibility index (Phi) is 7.01. The molecule has 2 aromatic rings. The van der Waals surface area contributed by atoms with E-state index in [1.165, 1.54) is 0 Å². The minimum atomic E-state index is -0.532. The van der Waals surface area contributed by atoms with Crippen molar-refractivity contribution < 1.29 is 14.8 Å². The number of carbonyl (C=O) groups is 2. The van der Waals surface area contributed by atoms with Gasteiger partial charge in [0.2, 0.25) is 11.8 Å². The first kappa shape index (κ1) is 20.3. The van der Waals surface area contributed by atoms with Crippen molar-refractivity contribution in [1.29, 1.82) is 0 Å². The summed E-state index contributed by atoms with van der Waals surface area (Å²) in [5.41, 5.74) is 9.05. The van der Waals surface area contributed by atoms with Gasteiger partial charge in [-0.1, -0.05) is 42.5 Å². The smallest absolute Gasteiger partial charge is 0.243 e. The van der Waals surface area contributed by atoms with Crippen molar-refractivity contribution in [3.8, 4) is 0 Å².